The minimum absolute atomic E-state index is 0.169. The van der Waals surface area contributed by atoms with Gasteiger partial charge in [0.05, 0.1) is 29.9 Å². The topological polar surface area (TPSA) is 51.2 Å². The minimum atomic E-state index is -0.180. The first-order valence-corrected chi connectivity index (χ1v) is 10.9. The van der Waals surface area contributed by atoms with Crippen LogP contribution in [0.2, 0.25) is 5.02 Å². The Bertz CT molecular complexity index is 1260. The number of fused-ring (bicyclic) bond motifs is 1. The number of hydrogen-bond donors (Lipinski definition) is 1. The predicted molar refractivity (Wildman–Crippen MR) is 129 cm³/mol. The van der Waals surface area contributed by atoms with Crippen molar-refractivity contribution in [2.24, 2.45) is 0 Å². The lowest BCUT2D eigenvalue weighted by atomic mass is 10.0. The molecule has 4 nitrogen and oxygen atoms in total. The van der Waals surface area contributed by atoms with Crippen molar-refractivity contribution in [3.63, 3.8) is 0 Å². The van der Waals surface area contributed by atoms with E-state index in [0.29, 0.717) is 16.3 Å². The van der Waals surface area contributed by atoms with Crippen LogP contribution in [0.25, 0.3) is 22.2 Å². The fourth-order valence-corrected chi connectivity index (χ4v) is 3.91. The summed E-state index contributed by atoms with van der Waals surface area (Å²) in [5.74, 6) is 0.565. The third-order valence-corrected chi connectivity index (χ3v) is 5.84. The molecular weight excluding hydrogens is 476 g/mol. The predicted octanol–water partition coefficient (Wildman–Crippen LogP) is 6.82. The van der Waals surface area contributed by atoms with Gasteiger partial charge < -0.3 is 10.1 Å². The van der Waals surface area contributed by atoms with Gasteiger partial charge in [0.25, 0.3) is 5.91 Å². The van der Waals surface area contributed by atoms with Crippen molar-refractivity contribution in [1.82, 2.24) is 10.3 Å². The number of halogens is 2. The zero-order valence-electron chi connectivity index (χ0n) is 17.0. The van der Waals surface area contributed by atoms with E-state index in [4.69, 9.17) is 21.3 Å². The summed E-state index contributed by atoms with van der Waals surface area (Å²) in [4.78, 5) is 18.1. The molecule has 0 unspecified atom stereocenters. The van der Waals surface area contributed by atoms with Crippen LogP contribution in [0, 0.1) is 0 Å². The number of rotatable bonds is 5. The molecule has 1 heterocycles. The lowest BCUT2D eigenvalue weighted by Gasteiger charge is -2.16. The summed E-state index contributed by atoms with van der Waals surface area (Å²) in [5.41, 5.74) is 3.87. The van der Waals surface area contributed by atoms with E-state index in [1.165, 1.54) is 0 Å². The van der Waals surface area contributed by atoms with Gasteiger partial charge in [0.15, 0.2) is 0 Å². The van der Waals surface area contributed by atoms with E-state index in [2.05, 4.69) is 21.2 Å². The number of pyridine rings is 1. The van der Waals surface area contributed by atoms with Gasteiger partial charge in [-0.15, -0.1) is 0 Å². The molecule has 1 amide bonds. The van der Waals surface area contributed by atoms with Gasteiger partial charge in [-0.1, -0.05) is 51.8 Å². The largest absolute Gasteiger partial charge is 0.497 e. The summed E-state index contributed by atoms with van der Waals surface area (Å²) in [7, 11) is 1.63. The molecule has 0 bridgehead atoms. The standard InChI is InChI=1S/C25H20BrClN2O2/c1-15(16-6-9-19(27)10-7-16)28-25(30)22-14-24(17-4-3-5-20(12-17)31-2)29-23-11-8-18(26)13-21(22)23/h3-15H,1-2H3,(H,28,30)/t15-/m1/s1. The molecule has 6 heteroatoms. The lowest BCUT2D eigenvalue weighted by Crippen LogP contribution is -2.27. The first-order valence-electron chi connectivity index (χ1n) is 9.75. The van der Waals surface area contributed by atoms with Crippen LogP contribution in [0.4, 0.5) is 0 Å². The van der Waals surface area contributed by atoms with Crippen LogP contribution in [-0.4, -0.2) is 18.0 Å². The average Bonchev–Trinajstić information content (AvgIpc) is 2.78. The minimum Gasteiger partial charge on any atom is -0.497 e. The van der Waals surface area contributed by atoms with Gasteiger partial charge in [0.2, 0.25) is 0 Å². The number of ether oxygens (including phenoxy) is 1. The smallest absolute Gasteiger partial charge is 0.252 e. The maximum Gasteiger partial charge on any atom is 0.252 e. The van der Waals surface area contributed by atoms with E-state index < -0.39 is 0 Å². The van der Waals surface area contributed by atoms with Crippen LogP contribution in [0.1, 0.15) is 28.9 Å². The first kappa shape index (κ1) is 21.3. The third kappa shape index (κ3) is 4.73. The summed E-state index contributed by atoms with van der Waals surface area (Å²) in [5, 5.41) is 4.54. The van der Waals surface area contributed by atoms with Crippen LogP contribution in [0.15, 0.2) is 77.3 Å². The molecule has 1 aromatic heterocycles. The molecule has 0 aliphatic heterocycles. The normalized spacial score (nSPS) is 11.9. The van der Waals surface area contributed by atoms with Crippen molar-refractivity contribution in [3.05, 3.63) is 93.4 Å². The molecule has 4 aromatic rings. The van der Waals surface area contributed by atoms with Gasteiger partial charge in [0.1, 0.15) is 5.75 Å². The molecule has 0 saturated carbocycles. The van der Waals surface area contributed by atoms with Crippen LogP contribution in [0.3, 0.4) is 0 Å². The van der Waals surface area contributed by atoms with Crippen LogP contribution < -0.4 is 10.1 Å². The van der Waals surface area contributed by atoms with Crippen LogP contribution in [-0.2, 0) is 0 Å². The van der Waals surface area contributed by atoms with Crippen LogP contribution in [0.5, 0.6) is 5.75 Å². The average molecular weight is 496 g/mol. The second kappa shape index (κ2) is 9.08. The van der Waals surface area contributed by atoms with Gasteiger partial charge in [-0.2, -0.15) is 0 Å². The summed E-state index contributed by atoms with van der Waals surface area (Å²) in [6, 6.07) is 22.5. The highest BCUT2D eigenvalue weighted by Crippen LogP contribution is 2.29. The lowest BCUT2D eigenvalue weighted by molar-refractivity contribution is 0.0941. The maximum absolute atomic E-state index is 13.3. The van der Waals surface area contributed by atoms with Crippen molar-refractivity contribution >= 4 is 44.3 Å². The Balaban J connectivity index is 1.76. The third-order valence-electron chi connectivity index (χ3n) is 5.10. The molecule has 3 aromatic carbocycles. The molecule has 1 atom stereocenters. The molecule has 1 N–H and O–H groups in total. The SMILES string of the molecule is COc1cccc(-c2cc(C(=O)N[C@H](C)c3ccc(Cl)cc3)c3cc(Br)ccc3n2)c1. The van der Waals surface area contributed by atoms with Gasteiger partial charge in [0, 0.05) is 20.4 Å². The number of nitrogens with one attached hydrogen (secondary N) is 1. The Hall–Kier alpha value is -2.89. The number of aromatic nitrogens is 1. The first-order chi connectivity index (χ1) is 14.9. The highest BCUT2D eigenvalue weighted by Gasteiger charge is 2.17. The fourth-order valence-electron chi connectivity index (χ4n) is 3.43. The van der Waals surface area contributed by atoms with E-state index in [1.807, 2.05) is 79.7 Å². The van der Waals surface area contributed by atoms with Gasteiger partial charge in [-0.05, 0) is 61.0 Å². The molecule has 4 rings (SSSR count). The van der Waals surface area contributed by atoms with Crippen molar-refractivity contribution in [2.75, 3.05) is 7.11 Å². The van der Waals surface area contributed by atoms with Gasteiger partial charge in [-0.3, -0.25) is 4.79 Å². The molecule has 0 saturated heterocycles. The van der Waals surface area contributed by atoms with E-state index in [-0.39, 0.29) is 11.9 Å². The van der Waals surface area contributed by atoms with Crippen LogP contribution >= 0.6 is 27.5 Å². The van der Waals surface area contributed by atoms with E-state index in [9.17, 15) is 4.79 Å². The van der Waals surface area contributed by atoms with E-state index in [0.717, 1.165) is 32.3 Å². The molecule has 0 fully saturated rings. The van der Waals surface area contributed by atoms with E-state index in [1.54, 1.807) is 7.11 Å². The molecule has 0 aliphatic carbocycles. The summed E-state index contributed by atoms with van der Waals surface area (Å²) < 4.78 is 6.23. The number of nitrogens with zero attached hydrogens (tertiary/aromatic N) is 1. The van der Waals surface area contributed by atoms with E-state index >= 15 is 0 Å². The second-order valence-corrected chi connectivity index (χ2v) is 8.55. The summed E-state index contributed by atoms with van der Waals surface area (Å²) >= 11 is 9.49. The van der Waals surface area contributed by atoms with Crippen molar-refractivity contribution in [3.8, 4) is 17.0 Å². The second-order valence-electron chi connectivity index (χ2n) is 7.20. The number of benzene rings is 3. The molecule has 0 aliphatic rings. The monoisotopic (exact) mass is 494 g/mol. The highest BCUT2D eigenvalue weighted by atomic mass is 79.9. The number of hydrogen-bond acceptors (Lipinski definition) is 3. The Morgan fingerprint density at radius 2 is 1.84 bits per heavy atom. The van der Waals surface area contributed by atoms with Crippen molar-refractivity contribution in [1.29, 1.82) is 0 Å². The molecule has 31 heavy (non-hydrogen) atoms. The Kier molecular flexibility index (Phi) is 6.25. The number of carbonyl (C=O) groups is 1. The molecule has 0 spiro atoms. The number of amides is 1. The molecule has 0 radical (unpaired) electrons. The quantitative estimate of drug-likeness (QED) is 0.330. The number of carbonyl (C=O) groups excluding carboxylic acids is 1. The van der Waals surface area contributed by atoms with Gasteiger partial charge >= 0.3 is 0 Å². The molecular formula is C25H20BrClN2O2. The summed E-state index contributed by atoms with van der Waals surface area (Å²) in [6.45, 7) is 1.95. The Morgan fingerprint density at radius 1 is 1.06 bits per heavy atom. The Labute approximate surface area is 194 Å². The Morgan fingerprint density at radius 3 is 2.58 bits per heavy atom. The zero-order valence-corrected chi connectivity index (χ0v) is 19.4. The van der Waals surface area contributed by atoms with Crippen molar-refractivity contribution in [2.45, 2.75) is 13.0 Å². The van der Waals surface area contributed by atoms with Crippen molar-refractivity contribution < 1.29 is 9.53 Å². The highest BCUT2D eigenvalue weighted by molar-refractivity contribution is 9.10. The number of methoxy groups -OCH3 is 1. The van der Waals surface area contributed by atoms with Gasteiger partial charge in [-0.25, -0.2) is 4.98 Å². The maximum atomic E-state index is 13.3. The zero-order chi connectivity index (χ0) is 22.0. The fraction of sp³-hybridized carbons (Fsp3) is 0.120. The summed E-state index contributed by atoms with van der Waals surface area (Å²) in [6.07, 6.45) is 0. The molecule has 156 valence electrons.